The van der Waals surface area contributed by atoms with E-state index >= 15 is 0 Å². The van der Waals surface area contributed by atoms with Crippen LogP contribution >= 0.6 is 11.6 Å². The fraction of sp³-hybridized carbons (Fsp3) is 0.385. The zero-order valence-corrected chi connectivity index (χ0v) is 12.0. The van der Waals surface area contributed by atoms with Crippen molar-refractivity contribution >= 4 is 23.6 Å². The van der Waals surface area contributed by atoms with Gasteiger partial charge in [-0.3, -0.25) is 4.79 Å². The maximum atomic E-state index is 13.9. The largest absolute Gasteiger partial charge is 0.481 e. The molecule has 0 fully saturated rings. The molecule has 21 heavy (non-hydrogen) atoms. The van der Waals surface area contributed by atoms with Gasteiger partial charge in [0, 0.05) is 24.2 Å². The summed E-state index contributed by atoms with van der Waals surface area (Å²) >= 11 is 5.62. The van der Waals surface area contributed by atoms with E-state index in [2.05, 4.69) is 5.32 Å². The standard InChI is InChI=1S/C13H15ClF2N2O3/c1-18(7-6-11(19)20)12(21)17-8-13(15,16)9-2-4-10(14)5-3-9/h2-5H,6-8H2,1H3,(H,17,21)(H,19,20). The van der Waals surface area contributed by atoms with Crippen LogP contribution in [0.25, 0.3) is 0 Å². The second-order valence-corrected chi connectivity index (χ2v) is 4.87. The van der Waals surface area contributed by atoms with E-state index in [0.29, 0.717) is 5.02 Å². The van der Waals surface area contributed by atoms with Crippen LogP contribution in [0.1, 0.15) is 12.0 Å². The average Bonchev–Trinajstić information content (AvgIpc) is 2.42. The second-order valence-electron chi connectivity index (χ2n) is 4.44. The number of nitrogens with zero attached hydrogens (tertiary/aromatic N) is 1. The van der Waals surface area contributed by atoms with Crippen molar-refractivity contribution in [2.75, 3.05) is 20.1 Å². The Bertz CT molecular complexity index is 509. The first kappa shape index (κ1) is 17.2. The van der Waals surface area contributed by atoms with Crippen molar-refractivity contribution < 1.29 is 23.5 Å². The monoisotopic (exact) mass is 320 g/mol. The molecule has 2 N–H and O–H groups in total. The summed E-state index contributed by atoms with van der Waals surface area (Å²) in [6.07, 6.45) is -0.252. The zero-order valence-electron chi connectivity index (χ0n) is 11.3. The van der Waals surface area contributed by atoms with Crippen LogP contribution in [-0.2, 0) is 10.7 Å². The van der Waals surface area contributed by atoms with E-state index in [4.69, 9.17) is 16.7 Å². The molecule has 0 bridgehead atoms. The lowest BCUT2D eigenvalue weighted by atomic mass is 10.1. The highest BCUT2D eigenvalue weighted by Crippen LogP contribution is 2.28. The fourth-order valence-corrected chi connectivity index (χ4v) is 1.61. The Morgan fingerprint density at radius 3 is 2.43 bits per heavy atom. The summed E-state index contributed by atoms with van der Waals surface area (Å²) in [4.78, 5) is 23.0. The van der Waals surface area contributed by atoms with Crippen LogP contribution in [0.4, 0.5) is 13.6 Å². The number of hydrogen-bond acceptors (Lipinski definition) is 2. The Balaban J connectivity index is 2.54. The van der Waals surface area contributed by atoms with Gasteiger partial charge < -0.3 is 15.3 Å². The number of rotatable bonds is 6. The predicted molar refractivity (Wildman–Crippen MR) is 73.6 cm³/mol. The molecule has 0 radical (unpaired) electrons. The van der Waals surface area contributed by atoms with Crippen molar-refractivity contribution in [3.8, 4) is 0 Å². The number of carboxylic acids is 1. The second kappa shape index (κ2) is 7.21. The Morgan fingerprint density at radius 1 is 1.33 bits per heavy atom. The molecule has 0 atom stereocenters. The SMILES string of the molecule is CN(CCC(=O)O)C(=O)NCC(F)(F)c1ccc(Cl)cc1. The molecule has 0 saturated heterocycles. The number of halogens is 3. The van der Waals surface area contributed by atoms with Gasteiger partial charge in [0.25, 0.3) is 5.92 Å². The molecule has 1 rings (SSSR count). The van der Waals surface area contributed by atoms with Gasteiger partial charge in [-0.15, -0.1) is 0 Å². The summed E-state index contributed by atoms with van der Waals surface area (Å²) in [5.41, 5.74) is -0.264. The number of urea groups is 1. The number of amides is 2. The molecule has 0 aliphatic heterocycles. The van der Waals surface area contributed by atoms with Crippen LogP contribution in [0, 0.1) is 0 Å². The quantitative estimate of drug-likeness (QED) is 0.846. The fourth-order valence-electron chi connectivity index (χ4n) is 1.48. The maximum absolute atomic E-state index is 13.9. The van der Waals surface area contributed by atoms with Gasteiger partial charge in [0.05, 0.1) is 13.0 Å². The highest BCUT2D eigenvalue weighted by Gasteiger charge is 2.32. The van der Waals surface area contributed by atoms with Gasteiger partial charge in [-0.05, 0) is 12.1 Å². The van der Waals surface area contributed by atoms with Crippen molar-refractivity contribution in [3.05, 3.63) is 34.9 Å². The number of alkyl halides is 2. The van der Waals surface area contributed by atoms with E-state index in [1.54, 1.807) is 0 Å². The summed E-state index contributed by atoms with van der Waals surface area (Å²) in [7, 11) is 1.33. The number of aliphatic carboxylic acids is 1. The van der Waals surface area contributed by atoms with Crippen molar-refractivity contribution in [3.63, 3.8) is 0 Å². The molecule has 0 unspecified atom stereocenters. The number of carbonyl (C=O) groups is 2. The van der Waals surface area contributed by atoms with E-state index in [9.17, 15) is 18.4 Å². The Kier molecular flexibility index (Phi) is 5.90. The molecular formula is C13H15ClF2N2O3. The minimum atomic E-state index is -3.24. The minimum absolute atomic E-state index is 0.0618. The first-order chi connectivity index (χ1) is 9.72. The number of benzene rings is 1. The molecule has 1 aromatic rings. The van der Waals surface area contributed by atoms with E-state index in [0.717, 1.165) is 4.90 Å². The topological polar surface area (TPSA) is 69.6 Å². The molecule has 0 aliphatic carbocycles. The van der Waals surface area contributed by atoms with Gasteiger partial charge in [0.15, 0.2) is 0 Å². The summed E-state index contributed by atoms with van der Waals surface area (Å²) in [5.74, 6) is -4.31. The predicted octanol–water partition coefficient (Wildman–Crippen LogP) is 2.55. The Morgan fingerprint density at radius 2 is 1.90 bits per heavy atom. The van der Waals surface area contributed by atoms with Crippen LogP contribution in [0.15, 0.2) is 24.3 Å². The molecule has 1 aromatic carbocycles. The highest BCUT2D eigenvalue weighted by atomic mass is 35.5. The minimum Gasteiger partial charge on any atom is -0.481 e. The molecular weight excluding hydrogens is 306 g/mol. The van der Waals surface area contributed by atoms with E-state index in [1.807, 2.05) is 0 Å². The molecule has 0 heterocycles. The van der Waals surface area contributed by atoms with Crippen LogP contribution in [0.5, 0.6) is 0 Å². The van der Waals surface area contributed by atoms with Gasteiger partial charge in [0.1, 0.15) is 0 Å². The maximum Gasteiger partial charge on any atom is 0.317 e. The third-order valence-electron chi connectivity index (χ3n) is 2.74. The number of hydrogen-bond donors (Lipinski definition) is 2. The van der Waals surface area contributed by atoms with Crippen LogP contribution in [0.3, 0.4) is 0 Å². The van der Waals surface area contributed by atoms with Gasteiger partial charge >= 0.3 is 12.0 Å². The van der Waals surface area contributed by atoms with Crippen LogP contribution in [-0.4, -0.2) is 42.1 Å². The molecule has 116 valence electrons. The molecule has 2 amide bonds. The summed E-state index contributed by atoms with van der Waals surface area (Å²) in [6, 6.07) is 4.28. The smallest absolute Gasteiger partial charge is 0.317 e. The molecule has 5 nitrogen and oxygen atoms in total. The van der Waals surface area contributed by atoms with Crippen LogP contribution < -0.4 is 5.32 Å². The van der Waals surface area contributed by atoms with E-state index in [1.165, 1.54) is 31.3 Å². The molecule has 0 aliphatic rings. The lowest BCUT2D eigenvalue weighted by Gasteiger charge is -2.21. The summed E-state index contributed by atoms with van der Waals surface area (Å²) < 4.78 is 27.7. The number of nitrogens with one attached hydrogen (secondary N) is 1. The third-order valence-corrected chi connectivity index (χ3v) is 2.99. The lowest BCUT2D eigenvalue weighted by molar-refractivity contribution is -0.137. The Hall–Kier alpha value is -1.89. The van der Waals surface area contributed by atoms with Gasteiger partial charge in [0.2, 0.25) is 0 Å². The van der Waals surface area contributed by atoms with E-state index < -0.39 is 24.5 Å². The first-order valence-corrected chi connectivity index (χ1v) is 6.45. The van der Waals surface area contributed by atoms with Gasteiger partial charge in [-0.2, -0.15) is 8.78 Å². The average molecular weight is 321 g/mol. The van der Waals surface area contributed by atoms with Crippen LogP contribution in [0.2, 0.25) is 5.02 Å². The summed E-state index contributed by atoms with van der Waals surface area (Å²) in [6.45, 7) is -0.946. The summed E-state index contributed by atoms with van der Waals surface area (Å²) in [5, 5.41) is 10.9. The van der Waals surface area contributed by atoms with Crippen molar-refractivity contribution in [1.29, 1.82) is 0 Å². The van der Waals surface area contributed by atoms with Crippen molar-refractivity contribution in [2.24, 2.45) is 0 Å². The lowest BCUT2D eigenvalue weighted by Crippen LogP contribution is -2.42. The molecule has 0 spiro atoms. The third kappa shape index (κ3) is 5.55. The molecule has 0 aromatic heterocycles. The normalized spacial score (nSPS) is 11.0. The van der Waals surface area contributed by atoms with Crippen molar-refractivity contribution in [1.82, 2.24) is 10.2 Å². The number of carboxylic acid groups (broad SMARTS) is 1. The Labute approximate surface area is 125 Å². The highest BCUT2D eigenvalue weighted by molar-refractivity contribution is 6.30. The van der Waals surface area contributed by atoms with Gasteiger partial charge in [-0.1, -0.05) is 23.7 Å². The number of carbonyl (C=O) groups excluding carboxylic acids is 1. The molecule has 0 saturated carbocycles. The van der Waals surface area contributed by atoms with Crippen molar-refractivity contribution in [2.45, 2.75) is 12.3 Å². The van der Waals surface area contributed by atoms with Gasteiger partial charge in [-0.25, -0.2) is 4.79 Å². The zero-order chi connectivity index (χ0) is 16.0. The first-order valence-electron chi connectivity index (χ1n) is 6.07. The van der Waals surface area contributed by atoms with E-state index in [-0.39, 0.29) is 18.5 Å². The molecule has 8 heteroatoms.